The minimum Gasteiger partial charge on any atom is -0.597 e. The van der Waals surface area contributed by atoms with Crippen LogP contribution in [0, 0.1) is 0 Å². The van der Waals surface area contributed by atoms with Crippen molar-refractivity contribution in [3.8, 4) is 0 Å². The van der Waals surface area contributed by atoms with Crippen molar-refractivity contribution >= 4 is 23.0 Å². The lowest BCUT2D eigenvalue weighted by Crippen LogP contribution is -2.50. The molecule has 0 saturated heterocycles. The van der Waals surface area contributed by atoms with Gasteiger partial charge < -0.3 is 4.55 Å². The normalized spacial score (nSPS) is 21.9. The Morgan fingerprint density at radius 1 is 1.25 bits per heavy atom. The molecule has 4 heteroatoms. The summed E-state index contributed by atoms with van der Waals surface area (Å²) in [6.07, 6.45) is 6.16. The van der Waals surface area contributed by atoms with Crippen LogP contribution in [-0.4, -0.2) is 26.2 Å². The molecule has 0 aromatic heterocycles. The molecular weight excluding hydrogens is 290 g/mol. The third-order valence-corrected chi connectivity index (χ3v) is 5.56. The van der Waals surface area contributed by atoms with Gasteiger partial charge in [0.2, 0.25) is 0 Å². The van der Waals surface area contributed by atoms with Gasteiger partial charge in [-0.1, -0.05) is 35.9 Å². The molecule has 2 nitrogen and oxygen atoms in total. The molecule has 0 N–H and O–H groups in total. The average Bonchev–Trinajstić information content (AvgIpc) is 2.40. The summed E-state index contributed by atoms with van der Waals surface area (Å²) in [5, 5.41) is 0.757. The second-order valence-corrected chi connectivity index (χ2v) is 8.78. The second kappa shape index (κ2) is 6.52. The van der Waals surface area contributed by atoms with Crippen LogP contribution in [0.2, 0.25) is 5.02 Å². The van der Waals surface area contributed by atoms with Crippen molar-refractivity contribution in [3.05, 3.63) is 47.0 Å². The maximum Gasteiger partial charge on any atom is 0.137 e. The summed E-state index contributed by atoms with van der Waals surface area (Å²) in [5.41, 5.74) is 1.24. The Balaban J connectivity index is 2.11. The fourth-order valence-electron chi connectivity index (χ4n) is 2.33. The molecule has 0 saturated carbocycles. The molecule has 2 rings (SSSR count). The summed E-state index contributed by atoms with van der Waals surface area (Å²) >= 11 is 4.95. The Bertz CT molecular complexity index is 466. The van der Waals surface area contributed by atoms with Gasteiger partial charge >= 0.3 is 0 Å². The largest absolute Gasteiger partial charge is 0.597 e. The van der Waals surface area contributed by atoms with Crippen molar-refractivity contribution in [2.24, 2.45) is 0 Å². The van der Waals surface area contributed by atoms with Gasteiger partial charge in [-0.05, 0) is 51.3 Å². The van der Waals surface area contributed by atoms with Crippen molar-refractivity contribution < 1.29 is 4.55 Å². The third-order valence-electron chi connectivity index (χ3n) is 3.39. The second-order valence-electron chi connectivity index (χ2n) is 6.15. The first-order valence-corrected chi connectivity index (χ1v) is 8.44. The van der Waals surface area contributed by atoms with Crippen LogP contribution >= 0.6 is 11.6 Å². The molecule has 110 valence electrons. The Morgan fingerprint density at radius 3 is 2.50 bits per heavy atom. The lowest BCUT2D eigenvalue weighted by Gasteiger charge is -2.38. The van der Waals surface area contributed by atoms with Crippen LogP contribution in [0.1, 0.15) is 32.8 Å². The summed E-state index contributed by atoms with van der Waals surface area (Å²) in [5.74, 6) is 0. The van der Waals surface area contributed by atoms with E-state index < -0.39 is 11.4 Å². The van der Waals surface area contributed by atoms with Crippen LogP contribution in [0.4, 0.5) is 0 Å². The highest BCUT2D eigenvalue weighted by Gasteiger charge is 2.37. The third kappa shape index (κ3) is 4.01. The van der Waals surface area contributed by atoms with Crippen LogP contribution in [0.25, 0.3) is 0 Å². The number of hydrogen-bond acceptors (Lipinski definition) is 2. The number of rotatable bonds is 3. The summed E-state index contributed by atoms with van der Waals surface area (Å²) in [6.45, 7) is 6.85. The summed E-state index contributed by atoms with van der Waals surface area (Å²) < 4.78 is 14.6. The molecule has 1 aromatic rings. The smallest absolute Gasteiger partial charge is 0.137 e. The van der Waals surface area contributed by atoms with E-state index in [0.717, 1.165) is 24.4 Å². The monoisotopic (exact) mass is 311 g/mol. The predicted molar refractivity (Wildman–Crippen MR) is 87.3 cm³/mol. The van der Waals surface area contributed by atoms with Gasteiger partial charge in [0.15, 0.2) is 0 Å². The van der Waals surface area contributed by atoms with Crippen molar-refractivity contribution in [1.29, 1.82) is 0 Å². The fourth-order valence-corrected chi connectivity index (χ4v) is 3.81. The molecule has 1 aromatic carbocycles. The molecule has 0 bridgehead atoms. The van der Waals surface area contributed by atoms with Gasteiger partial charge in [0.1, 0.15) is 4.75 Å². The van der Waals surface area contributed by atoms with Crippen molar-refractivity contribution in [2.45, 2.75) is 44.4 Å². The first-order valence-electron chi connectivity index (χ1n) is 6.96. The van der Waals surface area contributed by atoms with Crippen molar-refractivity contribution in [3.63, 3.8) is 0 Å². The first kappa shape index (κ1) is 15.9. The molecule has 0 aliphatic carbocycles. The van der Waals surface area contributed by atoms with E-state index in [2.05, 4.69) is 28.6 Å². The van der Waals surface area contributed by atoms with Crippen LogP contribution in [0.3, 0.4) is 0 Å². The van der Waals surface area contributed by atoms with Crippen LogP contribution in [-0.2, 0) is 17.8 Å². The maximum absolute atomic E-state index is 12.7. The Kier molecular flexibility index (Phi) is 5.19. The molecule has 20 heavy (non-hydrogen) atoms. The molecule has 2 atom stereocenters. The quantitative estimate of drug-likeness (QED) is 0.623. The fraction of sp³-hybridized carbons (Fsp3) is 0.500. The molecule has 0 fully saturated rings. The minimum atomic E-state index is -0.976. The van der Waals surface area contributed by atoms with E-state index >= 15 is 0 Å². The topological polar surface area (TPSA) is 26.3 Å². The lowest BCUT2D eigenvalue weighted by atomic mass is 10.0. The summed E-state index contributed by atoms with van der Waals surface area (Å²) in [6, 6.07) is 8.24. The highest BCUT2D eigenvalue weighted by atomic mass is 35.5. The van der Waals surface area contributed by atoms with Gasteiger partial charge in [-0.3, -0.25) is 0 Å². The van der Waals surface area contributed by atoms with Crippen LogP contribution in [0.15, 0.2) is 36.4 Å². The summed E-state index contributed by atoms with van der Waals surface area (Å²) in [7, 11) is 0. The zero-order valence-corrected chi connectivity index (χ0v) is 13.9. The zero-order chi connectivity index (χ0) is 14.8. The predicted octanol–water partition coefficient (Wildman–Crippen LogP) is 3.98. The number of halogens is 1. The minimum absolute atomic E-state index is 0.219. The molecule has 0 spiro atoms. The number of hydrogen-bond donors (Lipinski definition) is 0. The van der Waals surface area contributed by atoms with Crippen LogP contribution < -0.4 is 0 Å². The maximum atomic E-state index is 12.7. The van der Waals surface area contributed by atoms with Crippen molar-refractivity contribution in [1.82, 2.24) is 4.31 Å². The highest BCUT2D eigenvalue weighted by molar-refractivity contribution is 7.90. The van der Waals surface area contributed by atoms with Crippen molar-refractivity contribution in [2.75, 3.05) is 6.54 Å². The molecule has 1 aliphatic rings. The summed E-state index contributed by atoms with van der Waals surface area (Å²) in [4.78, 5) is 0. The molecule has 0 radical (unpaired) electrons. The molecule has 1 heterocycles. The zero-order valence-electron chi connectivity index (χ0n) is 12.3. The van der Waals surface area contributed by atoms with E-state index in [4.69, 9.17) is 11.6 Å². The van der Waals surface area contributed by atoms with Crippen LogP contribution in [0.5, 0.6) is 0 Å². The Morgan fingerprint density at radius 2 is 1.90 bits per heavy atom. The first-order chi connectivity index (χ1) is 9.38. The van der Waals surface area contributed by atoms with Gasteiger partial charge in [-0.15, -0.1) is 4.31 Å². The van der Waals surface area contributed by atoms with E-state index in [-0.39, 0.29) is 4.75 Å². The highest BCUT2D eigenvalue weighted by Crippen LogP contribution is 2.27. The SMILES string of the molecule is CC(C)(C)[S+]([O-])N1CC=CCC1Cc1ccc(Cl)cc1. The molecular formula is C16H22ClNOS. The number of nitrogens with zero attached hydrogens (tertiary/aromatic N) is 1. The van der Waals surface area contributed by atoms with E-state index in [0.29, 0.717) is 6.04 Å². The van der Waals surface area contributed by atoms with Gasteiger partial charge in [0, 0.05) is 16.4 Å². The van der Waals surface area contributed by atoms with E-state index in [1.807, 2.05) is 32.9 Å². The van der Waals surface area contributed by atoms with Gasteiger partial charge in [0.25, 0.3) is 0 Å². The average molecular weight is 312 g/mol. The lowest BCUT2D eigenvalue weighted by molar-refractivity contribution is 0.320. The molecule has 2 unspecified atom stereocenters. The van der Waals surface area contributed by atoms with Gasteiger partial charge in [0.05, 0.1) is 12.6 Å². The van der Waals surface area contributed by atoms with E-state index in [1.165, 1.54) is 5.56 Å². The molecule has 0 amide bonds. The van der Waals surface area contributed by atoms with Gasteiger partial charge in [-0.2, -0.15) is 0 Å². The Hall–Kier alpha value is -0.480. The Labute approximate surface area is 130 Å². The van der Waals surface area contributed by atoms with E-state index in [9.17, 15) is 4.55 Å². The van der Waals surface area contributed by atoms with E-state index in [1.54, 1.807) is 0 Å². The molecule has 1 aliphatic heterocycles. The van der Waals surface area contributed by atoms with Gasteiger partial charge in [-0.25, -0.2) is 0 Å². The standard InChI is InChI=1S/C16H22ClNOS/c1-16(2,3)20(19)18-11-5-4-6-15(18)12-13-7-9-14(17)10-8-13/h4-5,7-10,15H,6,11-12H2,1-3H3. The number of benzene rings is 1.